The summed E-state index contributed by atoms with van der Waals surface area (Å²) >= 11 is 5.89. The zero-order valence-electron chi connectivity index (χ0n) is 12.8. The van der Waals surface area contributed by atoms with E-state index >= 15 is 0 Å². The third kappa shape index (κ3) is 5.07. The highest BCUT2D eigenvalue weighted by atomic mass is 35.5. The van der Waals surface area contributed by atoms with Crippen LogP contribution in [0.5, 0.6) is 5.75 Å². The van der Waals surface area contributed by atoms with Gasteiger partial charge < -0.3 is 10.1 Å². The molecule has 0 saturated heterocycles. The average Bonchev–Trinajstić information content (AvgIpc) is 2.45. The second-order valence-corrected chi connectivity index (χ2v) is 6.00. The first-order valence-corrected chi connectivity index (χ1v) is 7.62. The molecule has 0 bridgehead atoms. The van der Waals surface area contributed by atoms with Crippen LogP contribution < -0.4 is 10.1 Å². The molecular formula is C18H22ClNO. The highest BCUT2D eigenvalue weighted by molar-refractivity contribution is 6.30. The fourth-order valence-electron chi connectivity index (χ4n) is 2.04. The molecule has 0 unspecified atom stereocenters. The van der Waals surface area contributed by atoms with Gasteiger partial charge in [-0.3, -0.25) is 0 Å². The van der Waals surface area contributed by atoms with Crippen LogP contribution in [0.4, 0.5) is 0 Å². The first-order chi connectivity index (χ1) is 10.0. The molecule has 0 heterocycles. The molecule has 0 aliphatic rings. The molecule has 0 aliphatic carbocycles. The van der Waals surface area contributed by atoms with Crippen molar-refractivity contribution in [2.45, 2.75) is 40.0 Å². The van der Waals surface area contributed by atoms with E-state index in [2.05, 4.69) is 38.2 Å². The van der Waals surface area contributed by atoms with E-state index in [1.807, 2.05) is 30.3 Å². The Hall–Kier alpha value is -1.51. The fourth-order valence-corrected chi connectivity index (χ4v) is 2.17. The Labute approximate surface area is 132 Å². The molecule has 21 heavy (non-hydrogen) atoms. The van der Waals surface area contributed by atoms with Crippen LogP contribution in [0.25, 0.3) is 0 Å². The van der Waals surface area contributed by atoms with Gasteiger partial charge in [0.25, 0.3) is 0 Å². The van der Waals surface area contributed by atoms with E-state index in [0.717, 1.165) is 22.9 Å². The van der Waals surface area contributed by atoms with Gasteiger partial charge in [0.05, 0.1) is 0 Å². The Balaban J connectivity index is 2.06. The molecular weight excluding hydrogens is 282 g/mol. The predicted octanol–water partition coefficient (Wildman–Crippen LogP) is 4.73. The molecule has 0 radical (unpaired) electrons. The van der Waals surface area contributed by atoms with Gasteiger partial charge in [-0.1, -0.05) is 55.3 Å². The van der Waals surface area contributed by atoms with Crippen molar-refractivity contribution in [1.29, 1.82) is 0 Å². The number of aryl methyl sites for hydroxylation is 1. The highest BCUT2D eigenvalue weighted by Gasteiger charge is 2.05. The Bertz CT molecular complexity index is 578. The molecule has 0 atom stereocenters. The van der Waals surface area contributed by atoms with E-state index in [4.69, 9.17) is 16.3 Å². The van der Waals surface area contributed by atoms with Crippen LogP contribution in [-0.2, 0) is 13.2 Å². The van der Waals surface area contributed by atoms with E-state index in [1.165, 1.54) is 11.1 Å². The maximum Gasteiger partial charge on any atom is 0.124 e. The van der Waals surface area contributed by atoms with E-state index in [9.17, 15) is 0 Å². The standard InChI is InChI=1S/C18H22ClNO/c1-13(2)20-11-16-10-14(3)4-9-18(16)21-12-15-5-7-17(19)8-6-15/h4-10,13,20H,11-12H2,1-3H3. The summed E-state index contributed by atoms with van der Waals surface area (Å²) in [6.45, 7) is 7.75. The fraction of sp³-hybridized carbons (Fsp3) is 0.333. The van der Waals surface area contributed by atoms with Crippen LogP contribution in [0.2, 0.25) is 5.02 Å². The predicted molar refractivity (Wildman–Crippen MR) is 88.9 cm³/mol. The van der Waals surface area contributed by atoms with Crippen molar-refractivity contribution in [3.05, 3.63) is 64.2 Å². The number of nitrogens with one attached hydrogen (secondary N) is 1. The third-order valence-electron chi connectivity index (χ3n) is 3.22. The van der Waals surface area contributed by atoms with Crippen LogP contribution in [0.15, 0.2) is 42.5 Å². The van der Waals surface area contributed by atoms with Gasteiger partial charge in [-0.15, -0.1) is 0 Å². The lowest BCUT2D eigenvalue weighted by Crippen LogP contribution is -2.22. The van der Waals surface area contributed by atoms with Gasteiger partial charge in [-0.25, -0.2) is 0 Å². The molecule has 0 aromatic heterocycles. The summed E-state index contributed by atoms with van der Waals surface area (Å²) in [4.78, 5) is 0. The molecule has 2 aromatic carbocycles. The number of hydrogen-bond acceptors (Lipinski definition) is 2. The molecule has 2 aromatic rings. The highest BCUT2D eigenvalue weighted by Crippen LogP contribution is 2.22. The number of rotatable bonds is 6. The minimum absolute atomic E-state index is 0.453. The summed E-state index contributed by atoms with van der Waals surface area (Å²) in [6.07, 6.45) is 0. The van der Waals surface area contributed by atoms with Gasteiger partial charge in [0.2, 0.25) is 0 Å². The first kappa shape index (κ1) is 15.9. The van der Waals surface area contributed by atoms with E-state index in [0.29, 0.717) is 12.6 Å². The van der Waals surface area contributed by atoms with Crippen molar-refractivity contribution in [1.82, 2.24) is 5.32 Å². The topological polar surface area (TPSA) is 21.3 Å². The molecule has 0 amide bonds. The van der Waals surface area contributed by atoms with Crippen LogP contribution in [-0.4, -0.2) is 6.04 Å². The summed E-state index contributed by atoms with van der Waals surface area (Å²) in [6, 6.07) is 14.5. The van der Waals surface area contributed by atoms with Gasteiger partial charge in [0, 0.05) is 23.2 Å². The molecule has 112 valence electrons. The Morgan fingerprint density at radius 2 is 1.81 bits per heavy atom. The maximum absolute atomic E-state index is 5.97. The van der Waals surface area contributed by atoms with Crippen molar-refractivity contribution in [3.8, 4) is 5.75 Å². The molecule has 1 N–H and O–H groups in total. The van der Waals surface area contributed by atoms with Crippen LogP contribution in [0, 0.1) is 6.92 Å². The number of hydrogen-bond donors (Lipinski definition) is 1. The second-order valence-electron chi connectivity index (χ2n) is 5.56. The van der Waals surface area contributed by atoms with Gasteiger partial charge in [-0.05, 0) is 30.7 Å². The minimum atomic E-state index is 0.453. The van der Waals surface area contributed by atoms with E-state index in [1.54, 1.807) is 0 Å². The van der Waals surface area contributed by atoms with Crippen molar-refractivity contribution in [2.24, 2.45) is 0 Å². The van der Waals surface area contributed by atoms with Crippen molar-refractivity contribution in [3.63, 3.8) is 0 Å². The molecule has 0 saturated carbocycles. The largest absolute Gasteiger partial charge is 0.489 e. The van der Waals surface area contributed by atoms with Crippen molar-refractivity contribution in [2.75, 3.05) is 0 Å². The van der Waals surface area contributed by atoms with Gasteiger partial charge in [0.15, 0.2) is 0 Å². The number of ether oxygens (including phenoxy) is 1. The number of halogens is 1. The zero-order valence-corrected chi connectivity index (χ0v) is 13.6. The van der Waals surface area contributed by atoms with E-state index in [-0.39, 0.29) is 0 Å². The van der Waals surface area contributed by atoms with Gasteiger partial charge in [-0.2, -0.15) is 0 Å². The van der Waals surface area contributed by atoms with Crippen molar-refractivity contribution < 1.29 is 4.74 Å². The van der Waals surface area contributed by atoms with Crippen molar-refractivity contribution >= 4 is 11.6 Å². The zero-order chi connectivity index (χ0) is 15.2. The normalized spacial score (nSPS) is 10.9. The molecule has 3 heteroatoms. The lowest BCUT2D eigenvalue weighted by Gasteiger charge is -2.14. The molecule has 2 nitrogen and oxygen atoms in total. The van der Waals surface area contributed by atoms with Crippen LogP contribution in [0.1, 0.15) is 30.5 Å². The molecule has 0 aliphatic heterocycles. The molecule has 0 spiro atoms. The monoisotopic (exact) mass is 303 g/mol. The lowest BCUT2D eigenvalue weighted by atomic mass is 10.1. The lowest BCUT2D eigenvalue weighted by molar-refractivity contribution is 0.301. The maximum atomic E-state index is 5.97. The molecule has 0 fully saturated rings. The smallest absolute Gasteiger partial charge is 0.124 e. The molecule has 2 rings (SSSR count). The van der Waals surface area contributed by atoms with Gasteiger partial charge in [0.1, 0.15) is 12.4 Å². The Morgan fingerprint density at radius 1 is 1.10 bits per heavy atom. The van der Waals surface area contributed by atoms with Gasteiger partial charge >= 0.3 is 0 Å². The SMILES string of the molecule is Cc1ccc(OCc2ccc(Cl)cc2)c(CNC(C)C)c1. The summed E-state index contributed by atoms with van der Waals surface area (Å²) in [7, 11) is 0. The third-order valence-corrected chi connectivity index (χ3v) is 3.48. The Morgan fingerprint density at radius 3 is 2.48 bits per heavy atom. The quantitative estimate of drug-likeness (QED) is 0.833. The van der Waals surface area contributed by atoms with Crippen LogP contribution >= 0.6 is 11.6 Å². The minimum Gasteiger partial charge on any atom is -0.489 e. The second kappa shape index (κ2) is 7.48. The first-order valence-electron chi connectivity index (χ1n) is 7.25. The van der Waals surface area contributed by atoms with Crippen LogP contribution in [0.3, 0.4) is 0 Å². The summed E-state index contributed by atoms with van der Waals surface area (Å²) in [5.74, 6) is 0.934. The summed E-state index contributed by atoms with van der Waals surface area (Å²) < 4.78 is 5.97. The Kier molecular flexibility index (Phi) is 5.66. The summed E-state index contributed by atoms with van der Waals surface area (Å²) in [5, 5.41) is 4.18. The number of benzene rings is 2. The average molecular weight is 304 g/mol. The van der Waals surface area contributed by atoms with E-state index < -0.39 is 0 Å². The summed E-state index contributed by atoms with van der Waals surface area (Å²) in [5.41, 5.74) is 3.55.